The Balaban J connectivity index is 1.45. The number of ketones is 2. The number of rotatable bonds is 9. The van der Waals surface area contributed by atoms with Crippen LogP contribution in [0.4, 0.5) is 0 Å². The van der Waals surface area contributed by atoms with Gasteiger partial charge in [-0.25, -0.2) is 0 Å². The van der Waals surface area contributed by atoms with Gasteiger partial charge in [-0.1, -0.05) is 50.4 Å². The zero-order valence-electron chi connectivity index (χ0n) is 20.7. The van der Waals surface area contributed by atoms with Gasteiger partial charge in [0.15, 0.2) is 5.78 Å². The number of carbonyl (C=O) groups excluding carboxylic acids is 3. The zero-order valence-corrected chi connectivity index (χ0v) is 21.5. The molecule has 2 saturated carbocycles. The van der Waals surface area contributed by atoms with Gasteiger partial charge in [0.2, 0.25) is 5.91 Å². The molecule has 1 amide bonds. The SMILES string of the molecule is CC1(C)CC[C@@H](C[C@@](C)(C#N)NC(=O)[C@@H](CC(=O)c2cc3cccc(Cl)c3[nH]2)CC2CC2)C(=O)C1. The molecular formula is C28H34ClN3O3. The summed E-state index contributed by atoms with van der Waals surface area (Å²) in [5.41, 5.74) is -0.0286. The molecule has 35 heavy (non-hydrogen) atoms. The van der Waals surface area contributed by atoms with Crippen LogP contribution in [0.2, 0.25) is 5.02 Å². The number of nitriles is 1. The van der Waals surface area contributed by atoms with E-state index in [1.807, 2.05) is 12.1 Å². The molecule has 0 unspecified atom stereocenters. The number of amides is 1. The number of fused-ring (bicyclic) bond motifs is 1. The second-order valence-corrected chi connectivity index (χ2v) is 12.0. The second-order valence-electron chi connectivity index (χ2n) is 11.6. The number of Topliss-reactive ketones (excluding diaryl/α,β-unsaturated/α-hetero) is 2. The number of carbonyl (C=O) groups is 3. The molecule has 0 aliphatic heterocycles. The molecular weight excluding hydrogens is 462 g/mol. The molecule has 2 aromatic rings. The first-order valence-electron chi connectivity index (χ1n) is 12.5. The Kier molecular flexibility index (Phi) is 7.11. The average Bonchev–Trinajstić information content (AvgIpc) is 3.49. The summed E-state index contributed by atoms with van der Waals surface area (Å²) < 4.78 is 0. The summed E-state index contributed by atoms with van der Waals surface area (Å²) in [5, 5.41) is 14.2. The maximum atomic E-state index is 13.4. The number of aromatic amines is 1. The molecule has 1 aromatic carbocycles. The van der Waals surface area contributed by atoms with Crippen LogP contribution < -0.4 is 5.32 Å². The maximum Gasteiger partial charge on any atom is 0.224 e. The minimum Gasteiger partial charge on any atom is -0.351 e. The van der Waals surface area contributed by atoms with Crippen LogP contribution in [0.15, 0.2) is 24.3 Å². The van der Waals surface area contributed by atoms with Gasteiger partial charge in [0.05, 0.1) is 22.3 Å². The summed E-state index contributed by atoms with van der Waals surface area (Å²) in [6.07, 6.45) is 5.25. The highest BCUT2D eigenvalue weighted by Crippen LogP contribution is 2.39. The number of aromatic nitrogens is 1. The van der Waals surface area contributed by atoms with Crippen molar-refractivity contribution in [1.82, 2.24) is 10.3 Å². The average molecular weight is 496 g/mol. The standard InChI is InChI=1S/C28H34ClN3O3/c1-27(2)10-9-19(24(34)15-27)14-28(3,16-30)32-26(35)20(11-17-7-8-17)13-23(33)22-12-18-5-4-6-21(29)25(18)31-22/h4-6,12,17,19-20,31H,7-11,13-15H2,1-3H3,(H,32,35)/t19-,20+,28-/m0/s1. The molecule has 2 aliphatic rings. The first-order chi connectivity index (χ1) is 16.5. The van der Waals surface area contributed by atoms with Gasteiger partial charge in [0, 0.05) is 30.1 Å². The van der Waals surface area contributed by atoms with E-state index in [4.69, 9.17) is 11.6 Å². The fourth-order valence-corrected chi connectivity index (χ4v) is 5.51. The minimum absolute atomic E-state index is 0.0115. The number of para-hydroxylation sites is 1. The fourth-order valence-electron chi connectivity index (χ4n) is 5.28. The van der Waals surface area contributed by atoms with Gasteiger partial charge in [-0.3, -0.25) is 14.4 Å². The van der Waals surface area contributed by atoms with Crippen LogP contribution in [0.5, 0.6) is 0 Å². The number of benzene rings is 1. The minimum atomic E-state index is -1.15. The molecule has 0 saturated heterocycles. The number of halogens is 1. The van der Waals surface area contributed by atoms with Gasteiger partial charge in [-0.05, 0) is 56.1 Å². The van der Waals surface area contributed by atoms with Crippen LogP contribution in [-0.2, 0) is 9.59 Å². The Morgan fingerprint density at radius 2 is 2.06 bits per heavy atom. The van der Waals surface area contributed by atoms with Crippen molar-refractivity contribution in [3.05, 3.63) is 35.0 Å². The van der Waals surface area contributed by atoms with Gasteiger partial charge in [-0.15, -0.1) is 0 Å². The normalized spacial score (nSPS) is 22.3. The topological polar surface area (TPSA) is 103 Å². The lowest BCUT2D eigenvalue weighted by Crippen LogP contribution is -2.50. The molecule has 2 fully saturated rings. The Morgan fingerprint density at radius 3 is 2.69 bits per heavy atom. The molecule has 1 heterocycles. The van der Waals surface area contributed by atoms with Gasteiger partial charge in [0.25, 0.3) is 0 Å². The third kappa shape index (κ3) is 6.13. The summed E-state index contributed by atoms with van der Waals surface area (Å²) in [6, 6.07) is 9.49. The fraction of sp³-hybridized carbons (Fsp3) is 0.571. The number of H-pyrrole nitrogens is 1. The molecule has 2 aliphatic carbocycles. The Hall–Kier alpha value is -2.65. The molecule has 0 spiro atoms. The van der Waals surface area contributed by atoms with Crippen LogP contribution >= 0.6 is 11.6 Å². The van der Waals surface area contributed by atoms with Gasteiger partial charge >= 0.3 is 0 Å². The summed E-state index contributed by atoms with van der Waals surface area (Å²) in [7, 11) is 0. The van der Waals surface area contributed by atoms with E-state index in [0.717, 1.165) is 31.1 Å². The molecule has 0 bridgehead atoms. The van der Waals surface area contributed by atoms with Crippen LogP contribution in [0.1, 0.15) is 82.6 Å². The van der Waals surface area contributed by atoms with E-state index in [1.165, 1.54) is 0 Å². The molecule has 6 nitrogen and oxygen atoms in total. The van der Waals surface area contributed by atoms with Gasteiger partial charge in [-0.2, -0.15) is 5.26 Å². The van der Waals surface area contributed by atoms with Crippen LogP contribution in [-0.4, -0.2) is 28.0 Å². The van der Waals surface area contributed by atoms with Crippen molar-refractivity contribution < 1.29 is 14.4 Å². The quantitative estimate of drug-likeness (QED) is 0.416. The van der Waals surface area contributed by atoms with Crippen molar-refractivity contribution in [3.8, 4) is 6.07 Å². The van der Waals surface area contributed by atoms with Crippen molar-refractivity contribution in [2.45, 2.75) is 77.7 Å². The molecule has 2 N–H and O–H groups in total. The van der Waals surface area contributed by atoms with Crippen molar-refractivity contribution in [1.29, 1.82) is 5.26 Å². The van der Waals surface area contributed by atoms with Crippen molar-refractivity contribution in [2.75, 3.05) is 0 Å². The van der Waals surface area contributed by atoms with Crippen molar-refractivity contribution in [3.63, 3.8) is 0 Å². The summed E-state index contributed by atoms with van der Waals surface area (Å²) >= 11 is 6.24. The van der Waals surface area contributed by atoms with Gasteiger partial charge in [0.1, 0.15) is 11.3 Å². The van der Waals surface area contributed by atoms with Crippen molar-refractivity contribution in [2.24, 2.45) is 23.2 Å². The Bertz CT molecular complexity index is 1190. The Morgan fingerprint density at radius 1 is 1.31 bits per heavy atom. The van der Waals surface area contributed by atoms with Crippen molar-refractivity contribution >= 4 is 40.0 Å². The molecule has 3 atom stereocenters. The van der Waals surface area contributed by atoms with E-state index in [9.17, 15) is 19.6 Å². The summed E-state index contributed by atoms with van der Waals surface area (Å²) in [5.74, 6) is -0.586. The van der Waals surface area contributed by atoms with E-state index in [1.54, 1.807) is 19.1 Å². The highest BCUT2D eigenvalue weighted by atomic mass is 35.5. The monoisotopic (exact) mass is 495 g/mol. The molecule has 4 rings (SSSR count). The smallest absolute Gasteiger partial charge is 0.224 e. The summed E-state index contributed by atoms with van der Waals surface area (Å²) in [6.45, 7) is 5.87. The second kappa shape index (κ2) is 9.78. The van der Waals surface area contributed by atoms with E-state index >= 15 is 0 Å². The van der Waals surface area contributed by atoms with E-state index in [-0.39, 0.29) is 35.2 Å². The molecule has 1 aromatic heterocycles. The van der Waals surface area contributed by atoms with E-state index in [2.05, 4.69) is 30.2 Å². The lowest BCUT2D eigenvalue weighted by molar-refractivity contribution is -0.130. The predicted molar refractivity (Wildman–Crippen MR) is 136 cm³/mol. The Labute approximate surface area is 211 Å². The lowest BCUT2D eigenvalue weighted by Gasteiger charge is -2.36. The highest BCUT2D eigenvalue weighted by Gasteiger charge is 2.40. The van der Waals surface area contributed by atoms with E-state index in [0.29, 0.717) is 41.4 Å². The van der Waals surface area contributed by atoms with Crippen LogP contribution in [0.25, 0.3) is 10.9 Å². The highest BCUT2D eigenvalue weighted by molar-refractivity contribution is 6.35. The molecule has 186 valence electrons. The largest absolute Gasteiger partial charge is 0.351 e. The summed E-state index contributed by atoms with van der Waals surface area (Å²) in [4.78, 5) is 42.3. The number of nitrogens with one attached hydrogen (secondary N) is 2. The van der Waals surface area contributed by atoms with E-state index < -0.39 is 11.5 Å². The maximum absolute atomic E-state index is 13.4. The number of nitrogens with zero attached hydrogens (tertiary/aromatic N) is 1. The third-order valence-corrected chi connectivity index (χ3v) is 7.92. The first kappa shape index (κ1) is 25.4. The molecule has 0 radical (unpaired) electrons. The molecule has 7 heteroatoms. The lowest BCUT2D eigenvalue weighted by atomic mass is 9.69. The number of hydrogen-bond acceptors (Lipinski definition) is 4. The number of hydrogen-bond donors (Lipinski definition) is 2. The first-order valence-corrected chi connectivity index (χ1v) is 12.9. The van der Waals surface area contributed by atoms with Gasteiger partial charge < -0.3 is 10.3 Å². The van der Waals surface area contributed by atoms with Crippen LogP contribution in [0, 0.1) is 34.5 Å². The third-order valence-electron chi connectivity index (χ3n) is 7.60. The zero-order chi connectivity index (χ0) is 25.4. The predicted octanol–water partition coefficient (Wildman–Crippen LogP) is 5.99. The van der Waals surface area contributed by atoms with Crippen LogP contribution in [0.3, 0.4) is 0 Å².